The average Bonchev–Trinajstić information content (AvgIpc) is 3.46. The highest BCUT2D eigenvalue weighted by atomic mass is 16.5. The molecule has 1 saturated carbocycles. The second-order valence-corrected chi connectivity index (χ2v) is 11.2. The molecule has 0 aromatic heterocycles. The summed E-state index contributed by atoms with van der Waals surface area (Å²) >= 11 is 0. The van der Waals surface area contributed by atoms with Crippen molar-refractivity contribution in [2.24, 2.45) is 4.99 Å². The number of amides is 1. The Morgan fingerprint density at radius 3 is 2.52 bits per heavy atom. The zero-order chi connectivity index (χ0) is 30.8. The molecule has 3 aromatic carbocycles. The van der Waals surface area contributed by atoms with Gasteiger partial charge in [-0.15, -0.1) is 0 Å². The number of methoxy groups -OCH3 is 1. The third-order valence-electron chi connectivity index (χ3n) is 8.05. The van der Waals surface area contributed by atoms with Gasteiger partial charge in [0.25, 0.3) is 5.91 Å². The second kappa shape index (κ2) is 15.0. The molecule has 44 heavy (non-hydrogen) atoms. The largest absolute Gasteiger partial charge is 0.497 e. The molecular formula is C35H41N3O6. The van der Waals surface area contributed by atoms with Crippen molar-refractivity contribution in [3.05, 3.63) is 102 Å². The number of nitrogens with one attached hydrogen (secondary N) is 2. The quantitative estimate of drug-likeness (QED) is 0.165. The molecule has 0 saturated heterocycles. The summed E-state index contributed by atoms with van der Waals surface area (Å²) in [7, 11) is 1.61. The van der Waals surface area contributed by atoms with E-state index in [1.807, 2.05) is 91.0 Å². The highest BCUT2D eigenvalue weighted by Gasteiger charge is 2.53. The molecule has 1 amide bonds. The fourth-order valence-corrected chi connectivity index (χ4v) is 5.55. The lowest BCUT2D eigenvalue weighted by molar-refractivity contribution is -0.130. The van der Waals surface area contributed by atoms with E-state index in [2.05, 4.69) is 10.9 Å². The fraction of sp³-hybridized carbons (Fsp3) is 0.371. The van der Waals surface area contributed by atoms with Crippen molar-refractivity contribution in [1.29, 1.82) is 0 Å². The van der Waals surface area contributed by atoms with Crippen molar-refractivity contribution in [1.82, 2.24) is 10.9 Å². The van der Waals surface area contributed by atoms with Gasteiger partial charge in [-0.05, 0) is 73.2 Å². The maximum Gasteiger partial charge on any atom is 0.266 e. The van der Waals surface area contributed by atoms with Crippen molar-refractivity contribution in [3.63, 3.8) is 0 Å². The number of benzene rings is 3. The van der Waals surface area contributed by atoms with E-state index >= 15 is 0 Å². The van der Waals surface area contributed by atoms with Crippen LogP contribution in [0.15, 0.2) is 89.9 Å². The summed E-state index contributed by atoms with van der Waals surface area (Å²) in [5.41, 5.74) is 7.33. The molecule has 4 N–H and O–H groups in total. The van der Waals surface area contributed by atoms with Gasteiger partial charge in [0, 0.05) is 31.1 Å². The number of aliphatic hydroxyl groups is 2. The van der Waals surface area contributed by atoms with Gasteiger partial charge in [0.15, 0.2) is 11.6 Å². The Morgan fingerprint density at radius 1 is 1.02 bits per heavy atom. The molecule has 1 fully saturated rings. The molecular weight excluding hydrogens is 558 g/mol. The number of carbonyl (C=O) groups is 1. The minimum absolute atomic E-state index is 0.0543. The Bertz CT molecular complexity index is 1420. The lowest BCUT2D eigenvalue weighted by atomic mass is 9.84. The molecule has 0 unspecified atom stereocenters. The number of hydrazine groups is 1. The molecule has 3 aromatic rings. The van der Waals surface area contributed by atoms with Gasteiger partial charge in [0.1, 0.15) is 11.5 Å². The van der Waals surface area contributed by atoms with Gasteiger partial charge in [0.05, 0.1) is 19.8 Å². The van der Waals surface area contributed by atoms with Gasteiger partial charge < -0.3 is 24.4 Å². The van der Waals surface area contributed by atoms with Crippen molar-refractivity contribution in [3.8, 4) is 11.5 Å². The minimum Gasteiger partial charge on any atom is -0.497 e. The Labute approximate surface area is 258 Å². The summed E-state index contributed by atoms with van der Waals surface area (Å²) in [6, 6.07) is 24.9. The fourth-order valence-electron chi connectivity index (χ4n) is 5.55. The first-order valence-corrected chi connectivity index (χ1v) is 15.2. The zero-order valence-corrected chi connectivity index (χ0v) is 25.0. The van der Waals surface area contributed by atoms with Crippen LogP contribution in [0.2, 0.25) is 0 Å². The molecule has 1 heterocycles. The molecule has 0 spiro atoms. The summed E-state index contributed by atoms with van der Waals surface area (Å²) in [4.78, 5) is 19.4. The van der Waals surface area contributed by atoms with Crippen molar-refractivity contribution >= 4 is 17.9 Å². The minimum atomic E-state index is -1.34. The SMILES string of the molecule is COc1cccc([C@@H]2OC(c3ccc(OCCCO)cc3)=N[C@]2(C/C=C/c2ccccc2)C(=O)NNC2CCC(O)CC2)c1. The maximum absolute atomic E-state index is 14.3. The highest BCUT2D eigenvalue weighted by Crippen LogP contribution is 2.43. The third-order valence-corrected chi connectivity index (χ3v) is 8.05. The van der Waals surface area contributed by atoms with E-state index in [0.717, 1.165) is 24.0 Å². The maximum atomic E-state index is 14.3. The van der Waals surface area contributed by atoms with Crippen LogP contribution in [0.5, 0.6) is 11.5 Å². The van der Waals surface area contributed by atoms with E-state index in [1.54, 1.807) is 7.11 Å². The van der Waals surface area contributed by atoms with Crippen LogP contribution in [-0.4, -0.2) is 60.0 Å². The van der Waals surface area contributed by atoms with Crippen LogP contribution in [0.4, 0.5) is 0 Å². The third kappa shape index (κ3) is 7.66. The average molecular weight is 600 g/mol. The molecule has 1 aliphatic carbocycles. The van der Waals surface area contributed by atoms with Crippen LogP contribution in [0, 0.1) is 0 Å². The normalized spacial score (nSPS) is 23.2. The van der Waals surface area contributed by atoms with E-state index in [0.29, 0.717) is 48.8 Å². The standard InChI is InChI=1S/C35H41N3O6/c1-42-31-12-5-11-27(24-31)32-35(21-6-10-25-8-3-2-4-9-25,34(41)38-37-28-15-17-29(40)18-16-28)36-33(44-32)26-13-19-30(20-14-26)43-23-7-22-39/h2-6,8-14,19-20,24,28-29,32,37,39-40H,7,15-18,21-23H2,1H3,(H,38,41)/b10-6+/t28?,29?,32-,35-/m0/s1. The summed E-state index contributed by atoms with van der Waals surface area (Å²) < 4.78 is 17.8. The summed E-state index contributed by atoms with van der Waals surface area (Å²) in [6.07, 6.45) is 6.63. The monoisotopic (exact) mass is 599 g/mol. The van der Waals surface area contributed by atoms with Gasteiger partial charge in [0.2, 0.25) is 5.90 Å². The number of nitrogens with zero attached hydrogens (tertiary/aromatic N) is 1. The van der Waals surface area contributed by atoms with Gasteiger partial charge in [-0.25, -0.2) is 10.4 Å². The van der Waals surface area contributed by atoms with Crippen LogP contribution in [0.25, 0.3) is 6.08 Å². The Hall–Kier alpha value is -4.18. The molecule has 0 radical (unpaired) electrons. The van der Waals surface area contributed by atoms with Crippen LogP contribution in [-0.2, 0) is 9.53 Å². The second-order valence-electron chi connectivity index (χ2n) is 11.2. The van der Waals surface area contributed by atoms with Crippen LogP contribution in [0.1, 0.15) is 61.3 Å². The first-order valence-electron chi connectivity index (χ1n) is 15.2. The molecule has 0 bridgehead atoms. The van der Waals surface area contributed by atoms with E-state index in [9.17, 15) is 9.90 Å². The van der Waals surface area contributed by atoms with Gasteiger partial charge in [-0.2, -0.15) is 0 Å². The highest BCUT2D eigenvalue weighted by molar-refractivity contribution is 6.01. The number of aliphatic imine (C=N–C) groups is 1. The molecule has 9 heteroatoms. The topological polar surface area (TPSA) is 122 Å². The van der Waals surface area contributed by atoms with E-state index in [1.165, 1.54) is 0 Å². The van der Waals surface area contributed by atoms with Gasteiger partial charge in [-0.3, -0.25) is 10.2 Å². The summed E-state index contributed by atoms with van der Waals surface area (Å²) in [6.45, 7) is 0.476. The Kier molecular flexibility index (Phi) is 10.7. The number of aliphatic hydroxyl groups excluding tert-OH is 2. The van der Waals surface area contributed by atoms with E-state index in [-0.39, 0.29) is 31.1 Å². The van der Waals surface area contributed by atoms with E-state index < -0.39 is 11.6 Å². The molecule has 1 aliphatic heterocycles. The van der Waals surface area contributed by atoms with Crippen LogP contribution in [0.3, 0.4) is 0 Å². The lowest BCUT2D eigenvalue weighted by Gasteiger charge is -2.32. The lowest BCUT2D eigenvalue weighted by Crippen LogP contribution is -2.55. The number of hydrogen-bond acceptors (Lipinski definition) is 8. The van der Waals surface area contributed by atoms with Crippen molar-refractivity contribution in [2.75, 3.05) is 20.3 Å². The molecule has 232 valence electrons. The molecule has 2 aliphatic rings. The first kappa shape index (κ1) is 31.3. The summed E-state index contributed by atoms with van der Waals surface area (Å²) in [5, 5.41) is 19.0. The zero-order valence-electron chi connectivity index (χ0n) is 25.0. The van der Waals surface area contributed by atoms with Crippen molar-refractivity contribution < 1.29 is 29.2 Å². The predicted molar refractivity (Wildman–Crippen MR) is 169 cm³/mol. The van der Waals surface area contributed by atoms with E-state index in [4.69, 9.17) is 24.3 Å². The molecule has 5 rings (SSSR count). The number of ether oxygens (including phenoxy) is 3. The predicted octanol–water partition coefficient (Wildman–Crippen LogP) is 4.74. The van der Waals surface area contributed by atoms with Gasteiger partial charge in [-0.1, -0.05) is 54.6 Å². The van der Waals surface area contributed by atoms with Gasteiger partial charge >= 0.3 is 0 Å². The number of hydrogen-bond donors (Lipinski definition) is 4. The van der Waals surface area contributed by atoms with Crippen molar-refractivity contribution in [2.45, 2.75) is 62.3 Å². The Morgan fingerprint density at radius 2 is 1.80 bits per heavy atom. The Balaban J connectivity index is 1.49. The first-order chi connectivity index (χ1) is 21.5. The molecule has 2 atom stereocenters. The van der Waals surface area contributed by atoms with Crippen LogP contribution >= 0.6 is 0 Å². The number of rotatable bonds is 13. The summed E-state index contributed by atoms with van der Waals surface area (Å²) in [5.74, 6) is 1.36. The number of carbonyl (C=O) groups excluding carboxylic acids is 1. The van der Waals surface area contributed by atoms with Crippen LogP contribution < -0.4 is 20.3 Å². The smallest absolute Gasteiger partial charge is 0.266 e. The molecule has 9 nitrogen and oxygen atoms in total.